The largest absolute Gasteiger partial charge is 0.306 e. The lowest BCUT2D eigenvalue weighted by Crippen LogP contribution is -2.18. The summed E-state index contributed by atoms with van der Waals surface area (Å²) < 4.78 is 0. The van der Waals surface area contributed by atoms with E-state index in [0.717, 1.165) is 12.1 Å². The lowest BCUT2D eigenvalue weighted by molar-refractivity contribution is 0.572. The van der Waals surface area contributed by atoms with Crippen molar-refractivity contribution in [3.8, 4) is 0 Å². The molecule has 2 rings (SSSR count). The topological polar surface area (TPSA) is 37.8 Å². The van der Waals surface area contributed by atoms with Crippen molar-refractivity contribution in [2.75, 3.05) is 0 Å². The molecule has 0 aliphatic carbocycles. The third-order valence-electron chi connectivity index (χ3n) is 2.77. The van der Waals surface area contributed by atoms with Gasteiger partial charge in [0, 0.05) is 40.3 Å². The standard InChI is InChI=1S/C13H17N3S/c1-9-4-13(11(3)17-9)10(2)16-7-12-5-14-8-15-6-12/h4-6,8,10,16H,7H2,1-3H3. The van der Waals surface area contributed by atoms with Crippen LogP contribution < -0.4 is 5.32 Å². The van der Waals surface area contributed by atoms with Gasteiger partial charge in [0.15, 0.2) is 0 Å². The van der Waals surface area contributed by atoms with Gasteiger partial charge in [-0.1, -0.05) is 0 Å². The number of hydrogen-bond acceptors (Lipinski definition) is 4. The molecule has 0 amide bonds. The molecule has 0 saturated carbocycles. The fraction of sp³-hybridized carbons (Fsp3) is 0.385. The van der Waals surface area contributed by atoms with Crippen LogP contribution in [0.3, 0.4) is 0 Å². The molecule has 0 fully saturated rings. The van der Waals surface area contributed by atoms with Gasteiger partial charge in [-0.05, 0) is 32.4 Å². The van der Waals surface area contributed by atoms with E-state index in [9.17, 15) is 0 Å². The lowest BCUT2D eigenvalue weighted by atomic mass is 10.1. The first kappa shape index (κ1) is 12.2. The Bertz CT molecular complexity index is 479. The molecule has 2 heterocycles. The second-order valence-electron chi connectivity index (χ2n) is 4.22. The summed E-state index contributed by atoms with van der Waals surface area (Å²) >= 11 is 1.85. The van der Waals surface area contributed by atoms with Crippen LogP contribution in [0.4, 0.5) is 0 Å². The molecular weight excluding hydrogens is 230 g/mol. The van der Waals surface area contributed by atoms with E-state index in [-0.39, 0.29) is 0 Å². The average molecular weight is 247 g/mol. The highest BCUT2D eigenvalue weighted by Crippen LogP contribution is 2.26. The molecule has 2 aromatic heterocycles. The monoisotopic (exact) mass is 247 g/mol. The summed E-state index contributed by atoms with van der Waals surface area (Å²) in [4.78, 5) is 10.8. The van der Waals surface area contributed by atoms with Gasteiger partial charge in [-0.25, -0.2) is 9.97 Å². The van der Waals surface area contributed by atoms with Gasteiger partial charge in [0.2, 0.25) is 0 Å². The van der Waals surface area contributed by atoms with Crippen molar-refractivity contribution in [3.05, 3.63) is 45.7 Å². The van der Waals surface area contributed by atoms with Gasteiger partial charge in [-0.2, -0.15) is 0 Å². The van der Waals surface area contributed by atoms with E-state index in [1.54, 1.807) is 6.33 Å². The Kier molecular flexibility index (Phi) is 3.86. The van der Waals surface area contributed by atoms with Crippen molar-refractivity contribution in [3.63, 3.8) is 0 Å². The van der Waals surface area contributed by atoms with E-state index in [0.29, 0.717) is 6.04 Å². The molecule has 3 nitrogen and oxygen atoms in total. The summed E-state index contributed by atoms with van der Waals surface area (Å²) in [5, 5.41) is 3.50. The molecule has 0 radical (unpaired) electrons. The predicted molar refractivity (Wildman–Crippen MR) is 71.1 cm³/mol. The Morgan fingerprint density at radius 2 is 2.00 bits per heavy atom. The van der Waals surface area contributed by atoms with Gasteiger partial charge in [0.25, 0.3) is 0 Å². The highest BCUT2D eigenvalue weighted by atomic mass is 32.1. The zero-order chi connectivity index (χ0) is 12.3. The first-order chi connectivity index (χ1) is 8.16. The van der Waals surface area contributed by atoms with Crippen LogP contribution in [0.2, 0.25) is 0 Å². The molecule has 1 N–H and O–H groups in total. The number of nitrogens with zero attached hydrogens (tertiary/aromatic N) is 2. The Morgan fingerprint density at radius 1 is 1.29 bits per heavy atom. The molecule has 2 aromatic rings. The molecule has 17 heavy (non-hydrogen) atoms. The summed E-state index contributed by atoms with van der Waals surface area (Å²) in [7, 11) is 0. The molecule has 0 aliphatic rings. The molecule has 0 aliphatic heterocycles. The molecule has 1 unspecified atom stereocenters. The molecule has 0 aromatic carbocycles. The van der Waals surface area contributed by atoms with Crippen LogP contribution in [0.15, 0.2) is 24.8 Å². The summed E-state index contributed by atoms with van der Waals surface area (Å²) in [6.07, 6.45) is 5.25. The predicted octanol–water partition coefficient (Wildman–Crippen LogP) is 3.01. The average Bonchev–Trinajstić information content (AvgIpc) is 2.67. The van der Waals surface area contributed by atoms with Crippen molar-refractivity contribution in [2.45, 2.75) is 33.4 Å². The van der Waals surface area contributed by atoms with Crippen LogP contribution in [0.5, 0.6) is 0 Å². The fourth-order valence-corrected chi connectivity index (χ4v) is 2.90. The lowest BCUT2D eigenvalue weighted by Gasteiger charge is -2.13. The SMILES string of the molecule is Cc1cc(C(C)NCc2cncnc2)c(C)s1. The Hall–Kier alpha value is -1.26. The van der Waals surface area contributed by atoms with Crippen LogP contribution in [-0.4, -0.2) is 9.97 Å². The van der Waals surface area contributed by atoms with Gasteiger partial charge in [-0.3, -0.25) is 0 Å². The van der Waals surface area contributed by atoms with Crippen LogP contribution >= 0.6 is 11.3 Å². The van der Waals surface area contributed by atoms with Crippen molar-refractivity contribution in [2.24, 2.45) is 0 Å². The number of aromatic nitrogens is 2. The van der Waals surface area contributed by atoms with Crippen molar-refractivity contribution in [1.82, 2.24) is 15.3 Å². The second-order valence-corrected chi connectivity index (χ2v) is 5.68. The zero-order valence-corrected chi connectivity index (χ0v) is 11.2. The number of rotatable bonds is 4. The smallest absolute Gasteiger partial charge is 0.115 e. The molecule has 1 atom stereocenters. The van der Waals surface area contributed by atoms with Crippen molar-refractivity contribution in [1.29, 1.82) is 0 Å². The first-order valence-corrected chi connectivity index (χ1v) is 6.52. The third-order valence-corrected chi connectivity index (χ3v) is 3.75. The molecule has 0 saturated heterocycles. The van der Waals surface area contributed by atoms with Crippen molar-refractivity contribution >= 4 is 11.3 Å². The zero-order valence-electron chi connectivity index (χ0n) is 10.4. The van der Waals surface area contributed by atoms with E-state index in [1.807, 2.05) is 23.7 Å². The summed E-state index contributed by atoms with van der Waals surface area (Å²) in [6, 6.07) is 2.62. The second kappa shape index (κ2) is 5.38. The Balaban J connectivity index is 1.98. The summed E-state index contributed by atoms with van der Waals surface area (Å²) in [5.41, 5.74) is 2.51. The maximum atomic E-state index is 4.01. The summed E-state index contributed by atoms with van der Waals surface area (Å²) in [5.74, 6) is 0. The van der Waals surface area contributed by atoms with E-state index in [1.165, 1.54) is 15.3 Å². The minimum atomic E-state index is 0.361. The molecule has 0 bridgehead atoms. The quantitative estimate of drug-likeness (QED) is 0.902. The van der Waals surface area contributed by atoms with Crippen LogP contribution in [-0.2, 0) is 6.54 Å². The first-order valence-electron chi connectivity index (χ1n) is 5.71. The Morgan fingerprint density at radius 3 is 2.59 bits per heavy atom. The number of hydrogen-bond donors (Lipinski definition) is 1. The van der Waals surface area contributed by atoms with Gasteiger partial charge in [-0.15, -0.1) is 11.3 Å². The minimum absolute atomic E-state index is 0.361. The molecule has 90 valence electrons. The minimum Gasteiger partial charge on any atom is -0.306 e. The van der Waals surface area contributed by atoms with Gasteiger partial charge in [0.1, 0.15) is 6.33 Å². The maximum absolute atomic E-state index is 4.01. The molecule has 0 spiro atoms. The number of thiophene rings is 1. The van der Waals surface area contributed by atoms with Gasteiger partial charge >= 0.3 is 0 Å². The van der Waals surface area contributed by atoms with Gasteiger partial charge in [0.05, 0.1) is 0 Å². The van der Waals surface area contributed by atoms with Crippen molar-refractivity contribution < 1.29 is 0 Å². The molecular formula is C13H17N3S. The Labute approximate surface area is 106 Å². The normalized spacial score (nSPS) is 12.6. The number of nitrogens with one attached hydrogen (secondary N) is 1. The van der Waals surface area contributed by atoms with Crippen LogP contribution in [0, 0.1) is 13.8 Å². The van der Waals surface area contributed by atoms with E-state index in [4.69, 9.17) is 0 Å². The fourth-order valence-electron chi connectivity index (χ4n) is 1.88. The van der Waals surface area contributed by atoms with E-state index in [2.05, 4.69) is 42.1 Å². The van der Waals surface area contributed by atoms with E-state index >= 15 is 0 Å². The molecule has 4 heteroatoms. The number of aryl methyl sites for hydroxylation is 2. The van der Waals surface area contributed by atoms with Crippen LogP contribution in [0.1, 0.15) is 33.8 Å². The van der Waals surface area contributed by atoms with Crippen LogP contribution in [0.25, 0.3) is 0 Å². The van der Waals surface area contributed by atoms with E-state index < -0.39 is 0 Å². The summed E-state index contributed by atoms with van der Waals surface area (Å²) in [6.45, 7) is 7.32. The highest BCUT2D eigenvalue weighted by molar-refractivity contribution is 7.12. The third kappa shape index (κ3) is 3.11. The maximum Gasteiger partial charge on any atom is 0.115 e. The van der Waals surface area contributed by atoms with Gasteiger partial charge < -0.3 is 5.32 Å². The highest BCUT2D eigenvalue weighted by Gasteiger charge is 2.10.